The monoisotopic (exact) mass is 373 g/mol. The highest BCUT2D eigenvalue weighted by atomic mass is 16.5. The third-order valence-electron chi connectivity index (χ3n) is 5.91. The van der Waals surface area contributed by atoms with Crippen molar-refractivity contribution in [3.8, 4) is 5.75 Å². The molecule has 1 aromatic heterocycles. The summed E-state index contributed by atoms with van der Waals surface area (Å²) in [7, 11) is 0. The number of furan rings is 1. The Morgan fingerprint density at radius 3 is 2.68 bits per heavy atom. The van der Waals surface area contributed by atoms with Crippen LogP contribution in [0.1, 0.15) is 52.9 Å². The zero-order valence-electron chi connectivity index (χ0n) is 16.0. The molecule has 0 bridgehead atoms. The Morgan fingerprint density at radius 2 is 1.89 bits per heavy atom. The maximum absolute atomic E-state index is 12.7. The van der Waals surface area contributed by atoms with E-state index >= 15 is 0 Å². The number of ether oxygens (including phenoxy) is 1. The number of nitrogens with one attached hydrogen (secondary N) is 1. The van der Waals surface area contributed by atoms with Crippen LogP contribution in [0.25, 0.3) is 17.0 Å². The van der Waals surface area contributed by atoms with Crippen LogP contribution in [0.3, 0.4) is 0 Å². The molecule has 4 heteroatoms. The summed E-state index contributed by atoms with van der Waals surface area (Å²) in [5.41, 5.74) is 3.50. The predicted molar refractivity (Wildman–Crippen MR) is 109 cm³/mol. The zero-order valence-corrected chi connectivity index (χ0v) is 16.0. The lowest BCUT2D eigenvalue weighted by atomic mass is 9.94. The van der Waals surface area contributed by atoms with Gasteiger partial charge in [0.25, 0.3) is 5.91 Å². The Hall–Kier alpha value is -3.01. The molecule has 28 heavy (non-hydrogen) atoms. The molecule has 5 rings (SSSR count). The molecular weight excluding hydrogens is 350 g/mol. The number of fused-ring (bicyclic) bond motifs is 3. The summed E-state index contributed by atoms with van der Waals surface area (Å²) in [6, 6.07) is 13.7. The first kappa shape index (κ1) is 17.1. The maximum atomic E-state index is 12.7. The van der Waals surface area contributed by atoms with Gasteiger partial charge in [-0.25, -0.2) is 0 Å². The lowest BCUT2D eigenvalue weighted by Crippen LogP contribution is -2.31. The standard InChI is InChI=1S/C24H23NO3/c1-16-21-18-11-14-24(12-5-6-13-24)28-19(18)9-10-20(21)27-22(16)23(26)25-15-17-7-3-2-4-8-17/h2-4,7-11,14H,5-6,12-13,15H2,1H3,(H,25,26). The van der Waals surface area contributed by atoms with Crippen molar-refractivity contribution in [1.82, 2.24) is 5.32 Å². The van der Waals surface area contributed by atoms with Crippen LogP contribution in [0, 0.1) is 6.92 Å². The first-order valence-electron chi connectivity index (χ1n) is 9.92. The molecule has 1 aliphatic heterocycles. The second-order valence-corrected chi connectivity index (χ2v) is 7.78. The summed E-state index contributed by atoms with van der Waals surface area (Å²) in [5.74, 6) is 1.06. The van der Waals surface area contributed by atoms with E-state index in [0.717, 1.165) is 46.3 Å². The summed E-state index contributed by atoms with van der Waals surface area (Å²) in [5, 5.41) is 3.92. The van der Waals surface area contributed by atoms with Crippen molar-refractivity contribution >= 4 is 23.0 Å². The van der Waals surface area contributed by atoms with Gasteiger partial charge in [-0.3, -0.25) is 4.79 Å². The minimum Gasteiger partial charge on any atom is -0.483 e. The smallest absolute Gasteiger partial charge is 0.287 e. The number of hydrogen-bond donors (Lipinski definition) is 1. The molecule has 4 nitrogen and oxygen atoms in total. The molecule has 1 N–H and O–H groups in total. The summed E-state index contributed by atoms with van der Waals surface area (Å²) in [4.78, 5) is 12.7. The van der Waals surface area contributed by atoms with Gasteiger partial charge in [0.2, 0.25) is 0 Å². The Balaban J connectivity index is 1.46. The maximum Gasteiger partial charge on any atom is 0.287 e. The molecule has 2 heterocycles. The van der Waals surface area contributed by atoms with Crippen LogP contribution in [0.2, 0.25) is 0 Å². The summed E-state index contributed by atoms with van der Waals surface area (Å²) in [6.45, 7) is 2.41. The van der Waals surface area contributed by atoms with Gasteiger partial charge in [-0.1, -0.05) is 36.4 Å². The summed E-state index contributed by atoms with van der Waals surface area (Å²) >= 11 is 0. The molecule has 0 unspecified atom stereocenters. The van der Waals surface area contributed by atoms with E-state index in [9.17, 15) is 4.79 Å². The minimum absolute atomic E-state index is 0.145. The van der Waals surface area contributed by atoms with Crippen LogP contribution < -0.4 is 10.1 Å². The lowest BCUT2D eigenvalue weighted by Gasteiger charge is -2.31. The van der Waals surface area contributed by atoms with Gasteiger partial charge in [-0.05, 0) is 56.4 Å². The molecule has 0 atom stereocenters. The van der Waals surface area contributed by atoms with Crippen LogP contribution in [-0.4, -0.2) is 11.5 Å². The predicted octanol–water partition coefficient (Wildman–Crippen LogP) is 5.39. The van der Waals surface area contributed by atoms with Crippen molar-refractivity contribution in [1.29, 1.82) is 0 Å². The summed E-state index contributed by atoms with van der Waals surface area (Å²) < 4.78 is 12.3. The van der Waals surface area contributed by atoms with Crippen LogP contribution in [-0.2, 0) is 6.54 Å². The van der Waals surface area contributed by atoms with Crippen molar-refractivity contribution in [2.45, 2.75) is 44.8 Å². The molecule has 1 aliphatic carbocycles. The van der Waals surface area contributed by atoms with Crippen LogP contribution in [0.5, 0.6) is 5.75 Å². The van der Waals surface area contributed by atoms with Gasteiger partial charge in [-0.2, -0.15) is 0 Å². The first-order chi connectivity index (χ1) is 13.7. The number of aryl methyl sites for hydroxylation is 1. The quantitative estimate of drug-likeness (QED) is 0.670. The molecule has 3 aromatic rings. The third-order valence-corrected chi connectivity index (χ3v) is 5.91. The van der Waals surface area contributed by atoms with Gasteiger partial charge in [0.05, 0.1) is 0 Å². The van der Waals surface area contributed by atoms with Gasteiger partial charge in [-0.15, -0.1) is 0 Å². The SMILES string of the molecule is Cc1c(C(=O)NCc2ccccc2)oc2ccc3c(c12)C=CC1(CCCC1)O3. The Morgan fingerprint density at radius 1 is 1.11 bits per heavy atom. The molecule has 142 valence electrons. The Kier molecular flexibility index (Phi) is 4.00. The van der Waals surface area contributed by atoms with Crippen molar-refractivity contribution in [3.63, 3.8) is 0 Å². The number of benzene rings is 2. The number of amides is 1. The van der Waals surface area contributed by atoms with E-state index in [2.05, 4.69) is 17.5 Å². The van der Waals surface area contributed by atoms with E-state index in [1.54, 1.807) is 0 Å². The molecule has 2 aromatic carbocycles. The van der Waals surface area contributed by atoms with Gasteiger partial charge < -0.3 is 14.5 Å². The van der Waals surface area contributed by atoms with E-state index in [1.807, 2.05) is 49.4 Å². The normalized spacial score (nSPS) is 16.9. The largest absolute Gasteiger partial charge is 0.483 e. The molecule has 0 saturated heterocycles. The number of carbonyl (C=O) groups is 1. The molecular formula is C24H23NO3. The molecule has 2 aliphatic rings. The summed E-state index contributed by atoms with van der Waals surface area (Å²) in [6.07, 6.45) is 8.90. The topological polar surface area (TPSA) is 51.5 Å². The zero-order chi connectivity index (χ0) is 19.1. The highest BCUT2D eigenvalue weighted by molar-refractivity contribution is 6.02. The van der Waals surface area contributed by atoms with E-state index in [1.165, 1.54) is 12.8 Å². The number of carbonyl (C=O) groups excluding carboxylic acids is 1. The second-order valence-electron chi connectivity index (χ2n) is 7.78. The molecule has 0 radical (unpaired) electrons. The van der Waals surface area contributed by atoms with E-state index < -0.39 is 0 Å². The molecule has 1 fully saturated rings. The lowest BCUT2D eigenvalue weighted by molar-refractivity contribution is 0.0924. The highest BCUT2D eigenvalue weighted by Gasteiger charge is 2.36. The average Bonchev–Trinajstić information content (AvgIpc) is 3.31. The van der Waals surface area contributed by atoms with Gasteiger partial charge in [0.15, 0.2) is 5.76 Å². The minimum atomic E-state index is -0.195. The second kappa shape index (κ2) is 6.55. The van der Waals surface area contributed by atoms with Crippen LogP contribution in [0.15, 0.2) is 53.0 Å². The fourth-order valence-corrected chi connectivity index (χ4v) is 4.41. The Bertz CT molecular complexity index is 1070. The first-order valence-corrected chi connectivity index (χ1v) is 9.92. The molecule has 1 spiro atoms. The van der Waals surface area contributed by atoms with Crippen molar-refractivity contribution in [2.75, 3.05) is 0 Å². The van der Waals surface area contributed by atoms with E-state index in [0.29, 0.717) is 12.3 Å². The van der Waals surface area contributed by atoms with Crippen molar-refractivity contribution < 1.29 is 13.9 Å². The Labute approximate surface area is 164 Å². The third kappa shape index (κ3) is 2.80. The number of hydrogen-bond acceptors (Lipinski definition) is 3. The van der Waals surface area contributed by atoms with E-state index in [-0.39, 0.29) is 11.5 Å². The van der Waals surface area contributed by atoms with E-state index in [4.69, 9.17) is 9.15 Å². The average molecular weight is 373 g/mol. The number of rotatable bonds is 3. The fraction of sp³-hybridized carbons (Fsp3) is 0.292. The van der Waals surface area contributed by atoms with Crippen molar-refractivity contribution in [2.24, 2.45) is 0 Å². The van der Waals surface area contributed by atoms with Crippen LogP contribution >= 0.6 is 0 Å². The van der Waals surface area contributed by atoms with Gasteiger partial charge in [0, 0.05) is 23.1 Å². The van der Waals surface area contributed by atoms with Crippen molar-refractivity contribution in [3.05, 3.63) is 71.0 Å². The molecule has 1 saturated carbocycles. The highest BCUT2D eigenvalue weighted by Crippen LogP contribution is 2.44. The fourth-order valence-electron chi connectivity index (χ4n) is 4.41. The van der Waals surface area contributed by atoms with Crippen LogP contribution in [0.4, 0.5) is 0 Å². The van der Waals surface area contributed by atoms with Gasteiger partial charge in [0.1, 0.15) is 16.9 Å². The van der Waals surface area contributed by atoms with Gasteiger partial charge >= 0.3 is 0 Å². The molecule has 1 amide bonds.